The molecule has 2 aliphatic heterocycles. The topological polar surface area (TPSA) is 44.8 Å². The standard InChI is InChI=1S/C20H30FN3O2/c1-23(15-16-8-12-26-13-9-16)20(25)22-14-19(24-10-4-5-11-24)17-6-2-3-7-18(17)21/h2-3,6-7,16,19H,4-5,8-15H2,1H3,(H,22,25)/t19-/m0/s1. The van der Waals surface area contributed by atoms with E-state index in [0.717, 1.165) is 58.5 Å². The fraction of sp³-hybridized carbons (Fsp3) is 0.650. The number of ether oxygens (including phenoxy) is 1. The number of nitrogens with zero attached hydrogens (tertiary/aromatic N) is 2. The molecule has 1 atom stereocenters. The summed E-state index contributed by atoms with van der Waals surface area (Å²) < 4.78 is 19.7. The number of benzene rings is 1. The Morgan fingerprint density at radius 1 is 1.31 bits per heavy atom. The predicted molar refractivity (Wildman–Crippen MR) is 99.5 cm³/mol. The van der Waals surface area contributed by atoms with Crippen molar-refractivity contribution < 1.29 is 13.9 Å². The highest BCUT2D eigenvalue weighted by Gasteiger charge is 2.27. The minimum atomic E-state index is -0.200. The second-order valence-corrected chi connectivity index (χ2v) is 7.40. The normalized spacial score (nSPS) is 20.1. The fourth-order valence-corrected chi connectivity index (χ4v) is 3.95. The smallest absolute Gasteiger partial charge is 0.317 e. The molecule has 0 radical (unpaired) electrons. The summed E-state index contributed by atoms with van der Waals surface area (Å²) in [5.74, 6) is 0.301. The second kappa shape index (κ2) is 9.33. The molecule has 0 aromatic heterocycles. The first kappa shape index (κ1) is 19.1. The highest BCUT2D eigenvalue weighted by molar-refractivity contribution is 5.73. The molecule has 0 aliphatic carbocycles. The van der Waals surface area contributed by atoms with Crippen LogP contribution >= 0.6 is 0 Å². The lowest BCUT2D eigenvalue weighted by molar-refractivity contribution is 0.0585. The van der Waals surface area contributed by atoms with Crippen molar-refractivity contribution in [1.29, 1.82) is 0 Å². The number of hydrogen-bond donors (Lipinski definition) is 1. The van der Waals surface area contributed by atoms with Gasteiger partial charge in [0, 0.05) is 38.9 Å². The van der Waals surface area contributed by atoms with Gasteiger partial charge in [0.05, 0.1) is 6.04 Å². The van der Waals surface area contributed by atoms with Crippen LogP contribution in [0.4, 0.5) is 9.18 Å². The summed E-state index contributed by atoms with van der Waals surface area (Å²) in [7, 11) is 1.83. The first-order chi connectivity index (χ1) is 12.6. The van der Waals surface area contributed by atoms with Crippen LogP contribution in [-0.4, -0.2) is 62.3 Å². The lowest BCUT2D eigenvalue weighted by Gasteiger charge is -2.30. The van der Waals surface area contributed by atoms with Crippen molar-refractivity contribution in [2.24, 2.45) is 5.92 Å². The molecule has 2 heterocycles. The number of hydrogen-bond acceptors (Lipinski definition) is 3. The maximum absolute atomic E-state index is 14.3. The second-order valence-electron chi connectivity index (χ2n) is 7.40. The highest BCUT2D eigenvalue weighted by Crippen LogP contribution is 2.26. The average molecular weight is 363 g/mol. The molecule has 144 valence electrons. The zero-order valence-corrected chi connectivity index (χ0v) is 15.6. The molecule has 5 nitrogen and oxygen atoms in total. The van der Waals surface area contributed by atoms with Crippen molar-refractivity contribution in [3.63, 3.8) is 0 Å². The van der Waals surface area contributed by atoms with Crippen LogP contribution in [0.5, 0.6) is 0 Å². The van der Waals surface area contributed by atoms with E-state index >= 15 is 0 Å². The van der Waals surface area contributed by atoms with E-state index in [2.05, 4.69) is 10.2 Å². The van der Waals surface area contributed by atoms with Gasteiger partial charge in [-0.05, 0) is 50.8 Å². The molecule has 2 saturated heterocycles. The van der Waals surface area contributed by atoms with Crippen molar-refractivity contribution in [3.8, 4) is 0 Å². The van der Waals surface area contributed by atoms with E-state index in [9.17, 15) is 9.18 Å². The Morgan fingerprint density at radius 2 is 2.00 bits per heavy atom. The van der Waals surface area contributed by atoms with Gasteiger partial charge in [-0.15, -0.1) is 0 Å². The van der Waals surface area contributed by atoms with Gasteiger partial charge >= 0.3 is 6.03 Å². The van der Waals surface area contributed by atoms with E-state index in [-0.39, 0.29) is 17.9 Å². The van der Waals surface area contributed by atoms with Crippen LogP contribution in [0.25, 0.3) is 0 Å². The monoisotopic (exact) mass is 363 g/mol. The van der Waals surface area contributed by atoms with E-state index in [4.69, 9.17) is 4.74 Å². The minimum Gasteiger partial charge on any atom is -0.381 e. The van der Waals surface area contributed by atoms with Gasteiger partial charge in [0.25, 0.3) is 0 Å². The van der Waals surface area contributed by atoms with Crippen LogP contribution in [-0.2, 0) is 4.74 Å². The molecule has 0 bridgehead atoms. The molecule has 1 aromatic rings. The molecule has 1 aromatic carbocycles. The number of nitrogens with one attached hydrogen (secondary N) is 1. The number of carbonyl (C=O) groups is 1. The first-order valence-electron chi connectivity index (χ1n) is 9.70. The largest absolute Gasteiger partial charge is 0.381 e. The van der Waals surface area contributed by atoms with Crippen LogP contribution in [0.1, 0.15) is 37.3 Å². The van der Waals surface area contributed by atoms with Crippen molar-refractivity contribution in [2.75, 3.05) is 46.4 Å². The highest BCUT2D eigenvalue weighted by atomic mass is 19.1. The molecule has 2 amide bonds. The van der Waals surface area contributed by atoms with Gasteiger partial charge in [0.15, 0.2) is 0 Å². The van der Waals surface area contributed by atoms with Crippen LogP contribution in [0, 0.1) is 11.7 Å². The lowest BCUT2D eigenvalue weighted by Crippen LogP contribution is -2.44. The average Bonchev–Trinajstić information content (AvgIpc) is 3.18. The van der Waals surface area contributed by atoms with Crippen LogP contribution in [0.2, 0.25) is 0 Å². The Morgan fingerprint density at radius 3 is 2.69 bits per heavy atom. The van der Waals surface area contributed by atoms with Gasteiger partial charge in [-0.25, -0.2) is 9.18 Å². The summed E-state index contributed by atoms with van der Waals surface area (Å²) in [6.07, 6.45) is 4.26. The Hall–Kier alpha value is -1.66. The summed E-state index contributed by atoms with van der Waals surface area (Å²) in [4.78, 5) is 16.5. The Kier molecular flexibility index (Phi) is 6.86. The van der Waals surface area contributed by atoms with Gasteiger partial charge in [-0.2, -0.15) is 0 Å². The third kappa shape index (κ3) is 4.95. The summed E-state index contributed by atoms with van der Waals surface area (Å²) in [6.45, 7) is 4.63. The summed E-state index contributed by atoms with van der Waals surface area (Å²) >= 11 is 0. The Balaban J connectivity index is 1.58. The fourth-order valence-electron chi connectivity index (χ4n) is 3.95. The molecule has 0 unspecified atom stereocenters. The number of carbonyl (C=O) groups excluding carboxylic acids is 1. The molecule has 2 aliphatic rings. The molecule has 0 spiro atoms. The number of urea groups is 1. The van der Waals surface area contributed by atoms with Crippen molar-refractivity contribution in [3.05, 3.63) is 35.6 Å². The van der Waals surface area contributed by atoms with Crippen LogP contribution in [0.15, 0.2) is 24.3 Å². The van der Waals surface area contributed by atoms with E-state index in [1.165, 1.54) is 6.07 Å². The molecule has 0 saturated carbocycles. The zero-order valence-electron chi connectivity index (χ0n) is 15.6. The minimum absolute atomic E-state index is 0.0861. The summed E-state index contributed by atoms with van der Waals surface area (Å²) in [5, 5.41) is 3.02. The lowest BCUT2D eigenvalue weighted by atomic mass is 10.00. The quantitative estimate of drug-likeness (QED) is 0.845. The molecule has 3 rings (SSSR count). The van der Waals surface area contributed by atoms with Crippen molar-refractivity contribution in [1.82, 2.24) is 15.1 Å². The summed E-state index contributed by atoms with van der Waals surface area (Å²) in [6, 6.07) is 6.70. The van der Waals surface area contributed by atoms with Gasteiger partial charge < -0.3 is 15.0 Å². The first-order valence-corrected chi connectivity index (χ1v) is 9.70. The van der Waals surface area contributed by atoms with E-state index < -0.39 is 0 Å². The zero-order chi connectivity index (χ0) is 18.4. The molecular weight excluding hydrogens is 333 g/mol. The van der Waals surface area contributed by atoms with Gasteiger partial charge in [-0.3, -0.25) is 4.90 Å². The maximum Gasteiger partial charge on any atom is 0.317 e. The molecule has 6 heteroatoms. The predicted octanol–water partition coefficient (Wildman–Crippen LogP) is 3.03. The van der Waals surface area contributed by atoms with E-state index in [1.807, 2.05) is 19.2 Å². The Bertz CT molecular complexity index is 586. The molecule has 2 fully saturated rings. The van der Waals surface area contributed by atoms with Crippen LogP contribution in [0.3, 0.4) is 0 Å². The van der Waals surface area contributed by atoms with E-state index in [1.54, 1.807) is 11.0 Å². The SMILES string of the molecule is CN(CC1CCOCC1)C(=O)NC[C@@H](c1ccccc1F)N1CCCC1. The number of amides is 2. The molecule has 26 heavy (non-hydrogen) atoms. The van der Waals surface area contributed by atoms with Crippen LogP contribution < -0.4 is 5.32 Å². The third-order valence-electron chi connectivity index (χ3n) is 5.51. The number of rotatable bonds is 6. The Labute approximate surface area is 155 Å². The summed E-state index contributed by atoms with van der Waals surface area (Å²) in [5.41, 5.74) is 0.668. The van der Waals surface area contributed by atoms with E-state index in [0.29, 0.717) is 18.0 Å². The molecule has 1 N–H and O–H groups in total. The maximum atomic E-state index is 14.3. The van der Waals surface area contributed by atoms with Crippen molar-refractivity contribution >= 4 is 6.03 Å². The van der Waals surface area contributed by atoms with Gasteiger partial charge in [0.1, 0.15) is 5.82 Å². The van der Waals surface area contributed by atoms with Gasteiger partial charge in [0.2, 0.25) is 0 Å². The number of likely N-dealkylation sites (tertiary alicyclic amines) is 1. The van der Waals surface area contributed by atoms with Crippen molar-refractivity contribution in [2.45, 2.75) is 31.7 Å². The third-order valence-corrected chi connectivity index (χ3v) is 5.51. The van der Waals surface area contributed by atoms with Gasteiger partial charge in [-0.1, -0.05) is 18.2 Å². The number of halogens is 1. The molecular formula is C20H30FN3O2.